The van der Waals surface area contributed by atoms with Gasteiger partial charge >= 0.3 is 13.2 Å². The first kappa shape index (κ1) is 23.9. The Morgan fingerprint density at radius 2 is 1.91 bits per heavy atom. The number of amides is 1. The van der Waals surface area contributed by atoms with Crippen molar-refractivity contribution in [3.05, 3.63) is 30.5 Å². The molecule has 4 heterocycles. The van der Waals surface area contributed by atoms with Crippen LogP contribution in [0.25, 0.3) is 22.4 Å². The van der Waals surface area contributed by atoms with Crippen LogP contribution in [0.5, 0.6) is 0 Å². The van der Waals surface area contributed by atoms with Gasteiger partial charge in [-0.3, -0.25) is 4.90 Å². The minimum atomic E-state index is -0.546. The molecule has 0 aliphatic carbocycles. The van der Waals surface area contributed by atoms with Crippen molar-refractivity contribution in [2.24, 2.45) is 0 Å². The number of carbonyl (C=O) groups excluding carboxylic acids is 1. The Morgan fingerprint density at radius 3 is 2.60 bits per heavy atom. The summed E-state index contributed by atoms with van der Waals surface area (Å²) in [5.74, 6) is 0.728. The molecule has 5 rings (SSSR count). The summed E-state index contributed by atoms with van der Waals surface area (Å²) in [5.41, 5.74) is 2.19. The van der Waals surface area contributed by atoms with Gasteiger partial charge in [-0.1, -0.05) is 6.07 Å². The van der Waals surface area contributed by atoms with Gasteiger partial charge in [-0.15, -0.1) is 0 Å². The molecular weight excluding hydrogens is 447 g/mol. The minimum Gasteiger partial charge on any atom is -0.444 e. The van der Waals surface area contributed by atoms with E-state index >= 15 is 0 Å². The summed E-state index contributed by atoms with van der Waals surface area (Å²) >= 11 is 0. The lowest BCUT2D eigenvalue weighted by Gasteiger charge is -2.32. The summed E-state index contributed by atoms with van der Waals surface area (Å²) in [4.78, 5) is 27.1. The first-order valence-electron chi connectivity index (χ1n) is 12.1. The largest absolute Gasteiger partial charge is 0.497 e. The van der Waals surface area contributed by atoms with Crippen LogP contribution < -0.4 is 5.46 Å². The van der Waals surface area contributed by atoms with Crippen LogP contribution in [0.15, 0.2) is 29.1 Å². The molecule has 3 aromatic rings. The average Bonchev–Trinajstić information content (AvgIpc) is 3.52. The molecule has 1 atom stereocenters. The number of fused-ring (bicyclic) bond motifs is 1. The van der Waals surface area contributed by atoms with Gasteiger partial charge in [0, 0.05) is 23.8 Å². The first-order chi connectivity index (χ1) is 16.4. The molecule has 2 fully saturated rings. The second-order valence-corrected chi connectivity index (χ2v) is 11.3. The third kappa shape index (κ3) is 4.23. The Labute approximate surface area is 205 Å². The van der Waals surface area contributed by atoms with Gasteiger partial charge in [-0.05, 0) is 67.4 Å². The van der Waals surface area contributed by atoms with Crippen molar-refractivity contribution < 1.29 is 23.3 Å². The van der Waals surface area contributed by atoms with Crippen molar-refractivity contribution in [1.82, 2.24) is 19.9 Å². The number of carbonyl (C=O) groups is 1. The average molecular weight is 480 g/mol. The molecule has 2 aliphatic heterocycles. The Kier molecular flexibility index (Phi) is 5.52. The highest BCUT2D eigenvalue weighted by Crippen LogP contribution is 2.38. The zero-order chi connectivity index (χ0) is 25.2. The van der Waals surface area contributed by atoms with E-state index in [9.17, 15) is 4.79 Å². The van der Waals surface area contributed by atoms with Crippen molar-refractivity contribution >= 4 is 29.8 Å². The van der Waals surface area contributed by atoms with Gasteiger partial charge in [0.1, 0.15) is 16.9 Å². The molecule has 9 nitrogen and oxygen atoms in total. The predicted octanol–water partition coefficient (Wildman–Crippen LogP) is 4.59. The highest BCUT2D eigenvalue weighted by atomic mass is 16.7. The second-order valence-electron chi connectivity index (χ2n) is 11.3. The van der Waals surface area contributed by atoms with E-state index in [0.29, 0.717) is 17.6 Å². The molecule has 1 amide bonds. The number of imidazole rings is 1. The van der Waals surface area contributed by atoms with Crippen LogP contribution in [0, 0.1) is 0 Å². The number of hydrogen-bond acceptors (Lipinski definition) is 7. The first-order valence-corrected chi connectivity index (χ1v) is 12.1. The zero-order valence-electron chi connectivity index (χ0n) is 21.5. The number of oxazole rings is 1. The maximum absolute atomic E-state index is 12.7. The van der Waals surface area contributed by atoms with Gasteiger partial charge in [-0.25, -0.2) is 14.8 Å². The summed E-state index contributed by atoms with van der Waals surface area (Å²) in [6.07, 6.45) is 4.67. The molecule has 10 heteroatoms. The fourth-order valence-corrected chi connectivity index (χ4v) is 4.57. The number of hydrogen-bond donors (Lipinski definition) is 1. The smallest absolute Gasteiger partial charge is 0.444 e. The van der Waals surface area contributed by atoms with Crippen molar-refractivity contribution in [1.29, 1.82) is 0 Å². The number of aromatic amines is 1. The van der Waals surface area contributed by atoms with Gasteiger partial charge in [0.2, 0.25) is 0 Å². The molecule has 1 aromatic carbocycles. The Balaban J connectivity index is 1.43. The monoisotopic (exact) mass is 480 g/mol. The van der Waals surface area contributed by atoms with Crippen LogP contribution in [-0.2, 0) is 14.0 Å². The van der Waals surface area contributed by atoms with Crippen molar-refractivity contribution in [2.75, 3.05) is 6.54 Å². The topological polar surface area (TPSA) is 103 Å². The van der Waals surface area contributed by atoms with E-state index in [1.807, 2.05) is 66.8 Å². The maximum Gasteiger partial charge on any atom is 0.497 e. The summed E-state index contributed by atoms with van der Waals surface area (Å²) in [6.45, 7) is 14.4. The van der Waals surface area contributed by atoms with Crippen LogP contribution in [0.4, 0.5) is 4.79 Å². The molecule has 35 heavy (non-hydrogen) atoms. The van der Waals surface area contributed by atoms with Crippen LogP contribution in [0.3, 0.4) is 0 Å². The Morgan fingerprint density at radius 1 is 1.20 bits per heavy atom. The molecule has 186 valence electrons. The highest BCUT2D eigenvalue weighted by molar-refractivity contribution is 6.65. The Hall–Kier alpha value is -2.85. The standard InChI is InChI=1S/C25H33BN4O5/c1-23(2,3)33-22(31)30-12-8-9-18(30)21-27-13-17(29-21)15-10-11-16(19-20(15)32-14-28-19)26-34-24(4,5)25(6,7)35-26/h10-11,13-14,18H,8-9,12H2,1-7H3,(H,27,29)/t18-/m0/s1. The summed E-state index contributed by atoms with van der Waals surface area (Å²) in [5, 5.41) is 0. The third-order valence-corrected chi connectivity index (χ3v) is 7.09. The molecule has 0 unspecified atom stereocenters. The molecule has 0 spiro atoms. The second kappa shape index (κ2) is 8.10. The van der Waals surface area contributed by atoms with E-state index in [4.69, 9.17) is 23.4 Å². The quantitative estimate of drug-likeness (QED) is 0.547. The van der Waals surface area contributed by atoms with Crippen LogP contribution >= 0.6 is 0 Å². The van der Waals surface area contributed by atoms with E-state index in [1.54, 1.807) is 4.90 Å². The number of nitrogens with one attached hydrogen (secondary N) is 1. The van der Waals surface area contributed by atoms with E-state index in [2.05, 4.69) is 9.97 Å². The normalized spacial score (nSPS) is 21.7. The molecule has 0 bridgehead atoms. The third-order valence-electron chi connectivity index (χ3n) is 7.09. The minimum absolute atomic E-state index is 0.159. The lowest BCUT2D eigenvalue weighted by Crippen LogP contribution is -2.41. The number of benzene rings is 1. The van der Waals surface area contributed by atoms with Crippen molar-refractivity contribution in [3.63, 3.8) is 0 Å². The van der Waals surface area contributed by atoms with E-state index in [-0.39, 0.29) is 12.1 Å². The lowest BCUT2D eigenvalue weighted by atomic mass is 9.77. The van der Waals surface area contributed by atoms with Gasteiger partial charge in [0.05, 0.1) is 22.9 Å². The number of nitrogens with zero attached hydrogens (tertiary/aromatic N) is 3. The van der Waals surface area contributed by atoms with E-state index in [1.165, 1.54) is 6.39 Å². The number of aromatic nitrogens is 3. The maximum atomic E-state index is 12.7. The fourth-order valence-electron chi connectivity index (χ4n) is 4.57. The summed E-state index contributed by atoms with van der Waals surface area (Å²) < 4.78 is 23.9. The van der Waals surface area contributed by atoms with E-state index < -0.39 is 23.9 Å². The zero-order valence-corrected chi connectivity index (χ0v) is 21.5. The molecule has 2 aromatic heterocycles. The molecule has 1 N–H and O–H groups in total. The van der Waals surface area contributed by atoms with Crippen LogP contribution in [-0.4, -0.2) is 56.4 Å². The SMILES string of the molecule is CC(C)(C)OC(=O)N1CCC[C@H]1c1nc(-c2ccc(B3OC(C)(C)C(C)(C)O3)c3ncoc23)c[nH]1. The fraction of sp³-hybridized carbons (Fsp3) is 0.560. The van der Waals surface area contributed by atoms with E-state index in [0.717, 1.165) is 35.4 Å². The van der Waals surface area contributed by atoms with Crippen molar-refractivity contribution in [3.8, 4) is 11.3 Å². The van der Waals surface area contributed by atoms with Gasteiger partial charge in [-0.2, -0.15) is 0 Å². The number of likely N-dealkylation sites (tertiary alicyclic amines) is 1. The molecule has 0 saturated carbocycles. The van der Waals surface area contributed by atoms with Gasteiger partial charge in [0.25, 0.3) is 0 Å². The highest BCUT2D eigenvalue weighted by Gasteiger charge is 2.52. The van der Waals surface area contributed by atoms with Gasteiger partial charge < -0.3 is 23.4 Å². The molecular formula is C25H33BN4O5. The number of rotatable bonds is 3. The number of ether oxygens (including phenoxy) is 1. The Bertz CT molecular complexity index is 1240. The molecule has 2 saturated heterocycles. The predicted molar refractivity (Wildman–Crippen MR) is 132 cm³/mol. The van der Waals surface area contributed by atoms with Crippen LogP contribution in [0.1, 0.15) is 73.2 Å². The number of H-pyrrole nitrogens is 1. The summed E-state index contributed by atoms with van der Waals surface area (Å²) in [7, 11) is -0.544. The molecule has 0 radical (unpaired) electrons. The molecule has 2 aliphatic rings. The van der Waals surface area contributed by atoms with Crippen LogP contribution in [0.2, 0.25) is 0 Å². The van der Waals surface area contributed by atoms with Gasteiger partial charge in [0.15, 0.2) is 12.0 Å². The lowest BCUT2D eigenvalue weighted by molar-refractivity contribution is 0.00578. The summed E-state index contributed by atoms with van der Waals surface area (Å²) in [6, 6.07) is 3.75. The van der Waals surface area contributed by atoms with Crippen molar-refractivity contribution in [2.45, 2.75) is 84.2 Å².